The Balaban J connectivity index is 3.21. The smallest absolute Gasteiger partial charge is 0.417 e. The van der Waals surface area contributed by atoms with Crippen LogP contribution in [0.1, 0.15) is 29.3 Å². The highest BCUT2D eigenvalue weighted by atomic mass is 19.4. The third kappa shape index (κ3) is 4.18. The van der Waals surface area contributed by atoms with Gasteiger partial charge in [-0.3, -0.25) is 9.59 Å². The number of rotatable bonds is 6. The molecule has 0 heterocycles. The molecule has 21 heavy (non-hydrogen) atoms. The van der Waals surface area contributed by atoms with E-state index in [1.54, 1.807) is 6.92 Å². The summed E-state index contributed by atoms with van der Waals surface area (Å²) in [7, 11) is 0. The molecule has 0 aliphatic carbocycles. The number of halogens is 3. The predicted octanol–water partition coefficient (Wildman–Crippen LogP) is 3.64. The van der Waals surface area contributed by atoms with Gasteiger partial charge in [0.15, 0.2) is 5.78 Å². The van der Waals surface area contributed by atoms with Crippen LogP contribution in [-0.2, 0) is 15.7 Å². The minimum Gasteiger partial charge on any atom is -0.465 e. The molecule has 0 aliphatic rings. The molecule has 1 aromatic rings. The Bertz CT molecular complexity index is 535. The monoisotopic (exact) mass is 300 g/mol. The predicted molar refractivity (Wildman–Crippen MR) is 70.7 cm³/mol. The fourth-order valence-electron chi connectivity index (χ4n) is 1.85. The van der Waals surface area contributed by atoms with Crippen molar-refractivity contribution >= 4 is 11.8 Å². The summed E-state index contributed by atoms with van der Waals surface area (Å²) in [5.74, 6) is -3.08. The number of carbonyl (C=O) groups is 2. The van der Waals surface area contributed by atoms with Crippen LogP contribution < -0.4 is 0 Å². The van der Waals surface area contributed by atoms with Gasteiger partial charge in [0.25, 0.3) is 0 Å². The molecule has 6 heteroatoms. The maximum atomic E-state index is 12.9. The van der Waals surface area contributed by atoms with Gasteiger partial charge in [0.2, 0.25) is 0 Å². The molecule has 1 unspecified atom stereocenters. The molecule has 0 aliphatic heterocycles. The number of hydrogen-bond acceptors (Lipinski definition) is 3. The number of alkyl halides is 3. The zero-order valence-electron chi connectivity index (χ0n) is 11.4. The molecule has 0 spiro atoms. The maximum absolute atomic E-state index is 12.9. The molecule has 0 N–H and O–H groups in total. The Morgan fingerprint density at radius 1 is 1.33 bits per heavy atom. The average molecular weight is 300 g/mol. The van der Waals surface area contributed by atoms with Crippen molar-refractivity contribution < 1.29 is 27.5 Å². The van der Waals surface area contributed by atoms with E-state index in [1.807, 2.05) is 0 Å². The van der Waals surface area contributed by atoms with Gasteiger partial charge in [-0.05, 0) is 19.4 Å². The van der Waals surface area contributed by atoms with Crippen LogP contribution in [0.4, 0.5) is 13.2 Å². The summed E-state index contributed by atoms with van der Waals surface area (Å²) in [5.41, 5.74) is -1.60. The fraction of sp³-hybridized carbons (Fsp3) is 0.333. The number of Topliss-reactive ketones (excluding diaryl/α,β-unsaturated/α-hetero) is 1. The third-order valence-corrected chi connectivity index (χ3v) is 2.79. The Morgan fingerprint density at radius 2 is 1.95 bits per heavy atom. The van der Waals surface area contributed by atoms with E-state index >= 15 is 0 Å². The molecule has 1 aromatic carbocycles. The van der Waals surface area contributed by atoms with E-state index in [4.69, 9.17) is 4.74 Å². The first-order chi connectivity index (χ1) is 9.82. The largest absolute Gasteiger partial charge is 0.465 e. The number of hydrogen-bond donors (Lipinski definition) is 0. The highest BCUT2D eigenvalue weighted by Gasteiger charge is 2.37. The Hall–Kier alpha value is -2.11. The van der Waals surface area contributed by atoms with Crippen LogP contribution in [0.5, 0.6) is 0 Å². The van der Waals surface area contributed by atoms with Gasteiger partial charge in [-0.2, -0.15) is 13.2 Å². The summed E-state index contributed by atoms with van der Waals surface area (Å²) < 4.78 is 43.5. The van der Waals surface area contributed by atoms with Crippen molar-refractivity contribution in [1.82, 2.24) is 0 Å². The lowest BCUT2D eigenvalue weighted by atomic mass is 9.91. The van der Waals surface area contributed by atoms with Crippen molar-refractivity contribution in [2.24, 2.45) is 5.92 Å². The second kappa shape index (κ2) is 7.06. The summed E-state index contributed by atoms with van der Waals surface area (Å²) in [6.45, 7) is 5.00. The first-order valence-corrected chi connectivity index (χ1v) is 6.30. The van der Waals surface area contributed by atoms with Gasteiger partial charge >= 0.3 is 12.1 Å². The molecule has 3 nitrogen and oxygen atoms in total. The summed E-state index contributed by atoms with van der Waals surface area (Å²) in [5, 5.41) is 0. The van der Waals surface area contributed by atoms with Gasteiger partial charge in [0.05, 0.1) is 12.2 Å². The van der Waals surface area contributed by atoms with Crippen molar-refractivity contribution in [3.05, 3.63) is 48.0 Å². The molecule has 0 saturated heterocycles. The Kier molecular flexibility index (Phi) is 5.69. The Morgan fingerprint density at radius 3 is 2.48 bits per heavy atom. The van der Waals surface area contributed by atoms with Crippen molar-refractivity contribution in [2.75, 3.05) is 6.61 Å². The summed E-state index contributed by atoms with van der Waals surface area (Å²) >= 11 is 0. The van der Waals surface area contributed by atoms with Crippen LogP contribution in [0, 0.1) is 5.92 Å². The van der Waals surface area contributed by atoms with E-state index in [0.29, 0.717) is 0 Å². The van der Waals surface area contributed by atoms with E-state index in [0.717, 1.165) is 12.1 Å². The molecule has 0 amide bonds. The number of allylic oxidation sites excluding steroid dienone is 1. The molecule has 1 rings (SSSR count). The highest BCUT2D eigenvalue weighted by Crippen LogP contribution is 2.33. The van der Waals surface area contributed by atoms with Gasteiger partial charge in [0, 0.05) is 5.56 Å². The van der Waals surface area contributed by atoms with Crippen LogP contribution in [0.2, 0.25) is 0 Å². The highest BCUT2D eigenvalue weighted by molar-refractivity contribution is 6.09. The first kappa shape index (κ1) is 16.9. The summed E-state index contributed by atoms with van der Waals surface area (Å²) in [6, 6.07) is 4.37. The zero-order chi connectivity index (χ0) is 16.0. The quantitative estimate of drug-likeness (QED) is 0.349. The lowest BCUT2D eigenvalue weighted by molar-refractivity contribution is -0.146. The third-order valence-electron chi connectivity index (χ3n) is 2.79. The molecule has 0 aromatic heterocycles. The summed E-state index contributed by atoms with van der Waals surface area (Å²) in [4.78, 5) is 24.0. The van der Waals surface area contributed by atoms with Crippen molar-refractivity contribution in [3.8, 4) is 0 Å². The van der Waals surface area contributed by atoms with E-state index < -0.39 is 35.0 Å². The van der Waals surface area contributed by atoms with Gasteiger partial charge < -0.3 is 4.74 Å². The Labute approximate surface area is 120 Å². The molecular formula is C15H15F3O3. The minimum atomic E-state index is -4.67. The van der Waals surface area contributed by atoms with Crippen LogP contribution in [-0.4, -0.2) is 18.4 Å². The number of carbonyl (C=O) groups excluding carboxylic acids is 2. The molecule has 0 saturated carbocycles. The molecule has 1 atom stereocenters. The van der Waals surface area contributed by atoms with E-state index in [-0.39, 0.29) is 13.0 Å². The number of ketones is 1. The van der Waals surface area contributed by atoms with E-state index in [9.17, 15) is 22.8 Å². The van der Waals surface area contributed by atoms with Crippen molar-refractivity contribution in [3.63, 3.8) is 0 Å². The van der Waals surface area contributed by atoms with E-state index in [2.05, 4.69) is 6.58 Å². The first-order valence-electron chi connectivity index (χ1n) is 6.30. The average Bonchev–Trinajstić information content (AvgIpc) is 2.43. The van der Waals surface area contributed by atoms with Crippen molar-refractivity contribution in [2.45, 2.75) is 19.5 Å². The van der Waals surface area contributed by atoms with Crippen LogP contribution in [0.3, 0.4) is 0 Å². The number of benzene rings is 1. The molecule has 114 valence electrons. The van der Waals surface area contributed by atoms with Crippen LogP contribution in [0.25, 0.3) is 0 Å². The molecule has 0 bridgehead atoms. The topological polar surface area (TPSA) is 43.4 Å². The SMILES string of the molecule is C=CCC(C(=O)OCC)C(=O)c1ccccc1C(F)(F)F. The van der Waals surface area contributed by atoms with Gasteiger partial charge in [-0.15, -0.1) is 6.58 Å². The minimum absolute atomic E-state index is 0.0423. The standard InChI is InChI=1S/C15H15F3O3/c1-3-7-11(14(20)21-4-2)13(19)10-8-5-6-9-12(10)15(16,17)18/h3,5-6,8-9,11H,1,4,7H2,2H3. The second-order valence-electron chi connectivity index (χ2n) is 4.24. The van der Waals surface area contributed by atoms with Crippen LogP contribution >= 0.6 is 0 Å². The molecule has 0 radical (unpaired) electrons. The van der Waals surface area contributed by atoms with Crippen LogP contribution in [0.15, 0.2) is 36.9 Å². The number of esters is 1. The van der Waals surface area contributed by atoms with Crippen molar-refractivity contribution in [1.29, 1.82) is 0 Å². The van der Waals surface area contributed by atoms with Gasteiger partial charge in [0.1, 0.15) is 5.92 Å². The summed E-state index contributed by atoms with van der Waals surface area (Å²) in [6.07, 6.45) is -3.45. The molecule has 0 fully saturated rings. The van der Waals surface area contributed by atoms with E-state index in [1.165, 1.54) is 18.2 Å². The number of ether oxygens (including phenoxy) is 1. The zero-order valence-corrected chi connectivity index (χ0v) is 11.4. The van der Waals surface area contributed by atoms with Gasteiger partial charge in [-0.1, -0.05) is 24.3 Å². The second-order valence-corrected chi connectivity index (χ2v) is 4.24. The normalized spacial score (nSPS) is 12.6. The lowest BCUT2D eigenvalue weighted by Crippen LogP contribution is -2.27. The molecular weight excluding hydrogens is 285 g/mol. The maximum Gasteiger partial charge on any atom is 0.417 e. The van der Waals surface area contributed by atoms with Gasteiger partial charge in [-0.25, -0.2) is 0 Å². The lowest BCUT2D eigenvalue weighted by Gasteiger charge is -2.16. The fourth-order valence-corrected chi connectivity index (χ4v) is 1.85.